The van der Waals surface area contributed by atoms with Crippen LogP contribution >= 0.6 is 0 Å². The SMILES string of the molecule is COC(=O)[C@H]1CN(C(=O)c2cccc(C(F)(F)F)c2)c2ccccc2O1. The highest BCUT2D eigenvalue weighted by Gasteiger charge is 2.36. The highest BCUT2D eigenvalue weighted by molar-refractivity contribution is 6.07. The number of rotatable bonds is 2. The molecule has 8 heteroatoms. The number of benzene rings is 2. The Bertz CT molecular complexity index is 850. The van der Waals surface area contributed by atoms with Crippen LogP contribution in [0.2, 0.25) is 0 Å². The van der Waals surface area contributed by atoms with Crippen molar-refractivity contribution >= 4 is 17.6 Å². The van der Waals surface area contributed by atoms with E-state index in [1.54, 1.807) is 24.3 Å². The molecule has 0 spiro atoms. The number of esters is 1. The van der Waals surface area contributed by atoms with E-state index in [1.807, 2.05) is 0 Å². The highest BCUT2D eigenvalue weighted by atomic mass is 19.4. The van der Waals surface area contributed by atoms with E-state index in [9.17, 15) is 22.8 Å². The number of para-hydroxylation sites is 2. The van der Waals surface area contributed by atoms with Gasteiger partial charge in [-0.3, -0.25) is 4.79 Å². The first kappa shape index (κ1) is 17.8. The summed E-state index contributed by atoms with van der Waals surface area (Å²) >= 11 is 0. The van der Waals surface area contributed by atoms with Crippen molar-refractivity contribution in [1.82, 2.24) is 0 Å². The monoisotopic (exact) mass is 365 g/mol. The van der Waals surface area contributed by atoms with Crippen molar-refractivity contribution in [3.05, 3.63) is 59.7 Å². The maximum absolute atomic E-state index is 12.9. The van der Waals surface area contributed by atoms with Crippen molar-refractivity contribution in [3.63, 3.8) is 0 Å². The average Bonchev–Trinajstić information content (AvgIpc) is 2.65. The van der Waals surface area contributed by atoms with Gasteiger partial charge in [-0.05, 0) is 30.3 Å². The molecular formula is C18H14F3NO4. The van der Waals surface area contributed by atoms with Gasteiger partial charge in [0.1, 0.15) is 5.75 Å². The van der Waals surface area contributed by atoms with Gasteiger partial charge in [-0.1, -0.05) is 18.2 Å². The predicted octanol–water partition coefficient (Wildman–Crippen LogP) is 3.29. The molecule has 2 aromatic carbocycles. The molecule has 0 fully saturated rings. The number of alkyl halides is 3. The first-order valence-corrected chi connectivity index (χ1v) is 7.64. The highest BCUT2D eigenvalue weighted by Crippen LogP contribution is 2.35. The largest absolute Gasteiger partial charge is 0.475 e. The van der Waals surface area contributed by atoms with E-state index in [0.29, 0.717) is 5.69 Å². The lowest BCUT2D eigenvalue weighted by atomic mass is 10.1. The van der Waals surface area contributed by atoms with Crippen LogP contribution in [-0.4, -0.2) is 31.6 Å². The quantitative estimate of drug-likeness (QED) is 0.767. The van der Waals surface area contributed by atoms with Crippen LogP contribution in [0.3, 0.4) is 0 Å². The summed E-state index contributed by atoms with van der Waals surface area (Å²) < 4.78 is 48.9. The number of hydrogen-bond acceptors (Lipinski definition) is 4. The molecule has 0 unspecified atom stereocenters. The summed E-state index contributed by atoms with van der Waals surface area (Å²) in [5.74, 6) is -1.07. The summed E-state index contributed by atoms with van der Waals surface area (Å²) in [6.45, 7) is -0.168. The number of carbonyl (C=O) groups excluding carboxylic acids is 2. The lowest BCUT2D eigenvalue weighted by Gasteiger charge is -2.33. The average molecular weight is 365 g/mol. The molecule has 1 aliphatic rings. The van der Waals surface area contributed by atoms with Crippen molar-refractivity contribution in [2.75, 3.05) is 18.6 Å². The smallest absolute Gasteiger partial charge is 0.416 e. The number of nitrogens with zero attached hydrogens (tertiary/aromatic N) is 1. The van der Waals surface area contributed by atoms with Crippen molar-refractivity contribution < 1.29 is 32.2 Å². The number of methoxy groups -OCH3 is 1. The Balaban J connectivity index is 1.99. The molecule has 0 radical (unpaired) electrons. The molecule has 1 atom stereocenters. The van der Waals surface area contributed by atoms with E-state index in [4.69, 9.17) is 4.74 Å². The number of amides is 1. The number of hydrogen-bond donors (Lipinski definition) is 0. The molecule has 0 saturated heterocycles. The van der Waals surface area contributed by atoms with Gasteiger partial charge in [0.05, 0.1) is 24.9 Å². The van der Waals surface area contributed by atoms with E-state index < -0.39 is 29.7 Å². The summed E-state index contributed by atoms with van der Waals surface area (Å²) in [6.07, 6.45) is -5.63. The summed E-state index contributed by atoms with van der Waals surface area (Å²) in [7, 11) is 1.19. The van der Waals surface area contributed by atoms with Crippen molar-refractivity contribution in [2.45, 2.75) is 12.3 Å². The number of halogens is 3. The third-order valence-corrected chi connectivity index (χ3v) is 3.92. The fraction of sp³-hybridized carbons (Fsp3) is 0.222. The van der Waals surface area contributed by atoms with Crippen molar-refractivity contribution in [1.29, 1.82) is 0 Å². The van der Waals surface area contributed by atoms with Gasteiger partial charge in [-0.15, -0.1) is 0 Å². The molecule has 136 valence electrons. The maximum Gasteiger partial charge on any atom is 0.416 e. The minimum absolute atomic E-state index is 0.139. The Kier molecular flexibility index (Phi) is 4.58. The van der Waals surface area contributed by atoms with Gasteiger partial charge in [-0.2, -0.15) is 13.2 Å². The number of ether oxygens (including phenoxy) is 2. The Labute approximate surface area is 146 Å². The third kappa shape index (κ3) is 3.35. The number of anilines is 1. The number of fused-ring (bicyclic) bond motifs is 1. The Hall–Kier alpha value is -3.03. The predicted molar refractivity (Wildman–Crippen MR) is 86.0 cm³/mol. The first-order valence-electron chi connectivity index (χ1n) is 7.64. The van der Waals surface area contributed by atoms with E-state index in [0.717, 1.165) is 12.1 Å². The van der Waals surface area contributed by atoms with E-state index in [1.165, 1.54) is 24.1 Å². The molecule has 1 heterocycles. The molecule has 1 aliphatic heterocycles. The number of carbonyl (C=O) groups is 2. The minimum Gasteiger partial charge on any atom is -0.475 e. The first-order chi connectivity index (χ1) is 12.3. The zero-order valence-corrected chi connectivity index (χ0v) is 13.6. The Morgan fingerprint density at radius 2 is 1.88 bits per heavy atom. The van der Waals surface area contributed by atoms with Gasteiger partial charge < -0.3 is 14.4 Å². The molecule has 2 aromatic rings. The second kappa shape index (κ2) is 6.70. The summed E-state index contributed by atoms with van der Waals surface area (Å²) in [5, 5.41) is 0. The van der Waals surface area contributed by atoms with Crippen LogP contribution in [0.4, 0.5) is 18.9 Å². The molecule has 0 N–H and O–H groups in total. The summed E-state index contributed by atoms with van der Waals surface area (Å²) in [6, 6.07) is 10.6. The molecular weight excluding hydrogens is 351 g/mol. The fourth-order valence-corrected chi connectivity index (χ4v) is 2.67. The van der Waals surface area contributed by atoms with Crippen LogP contribution in [0, 0.1) is 0 Å². The van der Waals surface area contributed by atoms with Gasteiger partial charge >= 0.3 is 12.1 Å². The normalized spacial score (nSPS) is 16.5. The van der Waals surface area contributed by atoms with Gasteiger partial charge in [-0.25, -0.2) is 4.79 Å². The zero-order valence-electron chi connectivity index (χ0n) is 13.6. The third-order valence-electron chi connectivity index (χ3n) is 3.92. The van der Waals surface area contributed by atoms with E-state index in [2.05, 4.69) is 4.74 Å². The summed E-state index contributed by atoms with van der Waals surface area (Å²) in [5.41, 5.74) is -0.690. The molecule has 0 bridgehead atoms. The minimum atomic E-state index is -4.56. The van der Waals surface area contributed by atoms with Crippen molar-refractivity contribution in [2.24, 2.45) is 0 Å². The zero-order chi connectivity index (χ0) is 18.9. The van der Waals surface area contributed by atoms with Crippen LogP contribution in [-0.2, 0) is 15.7 Å². The van der Waals surface area contributed by atoms with Gasteiger partial charge in [0.25, 0.3) is 5.91 Å². The van der Waals surface area contributed by atoms with E-state index >= 15 is 0 Å². The Morgan fingerprint density at radius 3 is 2.58 bits per heavy atom. The molecule has 3 rings (SSSR count). The molecule has 1 amide bonds. The molecule has 0 saturated carbocycles. The second-order valence-corrected chi connectivity index (χ2v) is 5.59. The lowest BCUT2D eigenvalue weighted by molar-refractivity contribution is -0.148. The maximum atomic E-state index is 12.9. The van der Waals surface area contributed by atoms with Gasteiger partial charge in [0.2, 0.25) is 6.10 Å². The lowest BCUT2D eigenvalue weighted by Crippen LogP contribution is -2.47. The molecule has 26 heavy (non-hydrogen) atoms. The van der Waals surface area contributed by atoms with Crippen LogP contribution in [0.15, 0.2) is 48.5 Å². The fourth-order valence-electron chi connectivity index (χ4n) is 2.67. The van der Waals surface area contributed by atoms with E-state index in [-0.39, 0.29) is 17.9 Å². The topological polar surface area (TPSA) is 55.8 Å². The molecule has 0 aliphatic carbocycles. The van der Waals surface area contributed by atoms with Gasteiger partial charge in [0.15, 0.2) is 0 Å². The molecule has 5 nitrogen and oxygen atoms in total. The molecule has 0 aromatic heterocycles. The standard InChI is InChI=1S/C18H14F3NO4/c1-25-17(24)15-10-22(13-7-2-3-8-14(13)26-15)16(23)11-5-4-6-12(9-11)18(19,20)21/h2-9,15H,10H2,1H3/t15-/m1/s1. The second-order valence-electron chi connectivity index (χ2n) is 5.59. The van der Waals surface area contributed by atoms with Crippen LogP contribution < -0.4 is 9.64 Å². The Morgan fingerprint density at radius 1 is 1.15 bits per heavy atom. The van der Waals surface area contributed by atoms with Gasteiger partial charge in [0, 0.05) is 5.56 Å². The van der Waals surface area contributed by atoms with Crippen LogP contribution in [0.1, 0.15) is 15.9 Å². The van der Waals surface area contributed by atoms with Crippen LogP contribution in [0.25, 0.3) is 0 Å². The van der Waals surface area contributed by atoms with Crippen molar-refractivity contribution in [3.8, 4) is 5.75 Å². The van der Waals surface area contributed by atoms with Crippen LogP contribution in [0.5, 0.6) is 5.75 Å². The summed E-state index contributed by atoms with van der Waals surface area (Å²) in [4.78, 5) is 25.9.